The predicted octanol–water partition coefficient (Wildman–Crippen LogP) is 1.40. The average Bonchev–Trinajstić information content (AvgIpc) is 2.63. The Morgan fingerprint density at radius 3 is 2.18 bits per heavy atom. The summed E-state index contributed by atoms with van der Waals surface area (Å²) in [4.78, 5) is 0. The second kappa shape index (κ2) is 2.70. The van der Waals surface area contributed by atoms with Gasteiger partial charge in [0.1, 0.15) is 4.75 Å². The van der Waals surface area contributed by atoms with Crippen molar-refractivity contribution in [1.82, 2.24) is 0 Å². The minimum atomic E-state index is -3.88. The quantitative estimate of drug-likeness (QED) is 0.369. The monoisotopic (exact) mass is 288 g/mol. The van der Waals surface area contributed by atoms with Crippen molar-refractivity contribution in [3.8, 4) is 0 Å². The molecule has 0 aliphatic heterocycles. The van der Waals surface area contributed by atoms with Crippen molar-refractivity contribution in [2.24, 2.45) is 0 Å². The van der Waals surface area contributed by atoms with Crippen LogP contribution in [0.15, 0.2) is 12.7 Å². The normalized spacial score (nSPS) is 24.2. The summed E-state index contributed by atoms with van der Waals surface area (Å²) in [5.74, 6) is 0. The van der Waals surface area contributed by atoms with Crippen LogP contribution in [0.1, 0.15) is 12.8 Å². The van der Waals surface area contributed by atoms with E-state index < -0.39 is 14.9 Å². The molecule has 0 spiro atoms. The Hall–Kier alpha value is 0.380. The first-order valence-electron chi connectivity index (χ1n) is 3.18. The topological polar surface area (TPSA) is 54.4 Å². The molecule has 0 amide bonds. The average molecular weight is 288 g/mol. The summed E-state index contributed by atoms with van der Waals surface area (Å²) in [6, 6.07) is 0. The summed E-state index contributed by atoms with van der Waals surface area (Å²) in [6.07, 6.45) is 2.65. The van der Waals surface area contributed by atoms with Crippen molar-refractivity contribution in [3.05, 3.63) is 12.7 Å². The van der Waals surface area contributed by atoms with Crippen molar-refractivity contribution in [3.63, 3.8) is 0 Å². The fourth-order valence-corrected chi connectivity index (χ4v) is 3.60. The number of allylic oxidation sites excluding steroid dienone is 1. The zero-order valence-electron chi connectivity index (χ0n) is 5.83. The van der Waals surface area contributed by atoms with Crippen molar-refractivity contribution in [1.29, 1.82) is 0 Å². The minimum absolute atomic E-state index is 0.185. The van der Waals surface area contributed by atoms with Crippen molar-refractivity contribution in [2.45, 2.75) is 21.5 Å². The lowest BCUT2D eigenvalue weighted by Crippen LogP contribution is -2.30. The lowest BCUT2D eigenvalue weighted by Gasteiger charge is -2.14. The summed E-state index contributed by atoms with van der Waals surface area (Å²) < 4.78 is 29.4. The van der Waals surface area contributed by atoms with Gasteiger partial charge in [-0.25, -0.2) is 0 Å². The first-order chi connectivity index (χ1) is 4.94. The van der Waals surface area contributed by atoms with E-state index in [1.807, 2.05) is 22.6 Å². The van der Waals surface area contributed by atoms with E-state index in [1.54, 1.807) is 6.08 Å². The number of hydrogen-bond acceptors (Lipinski definition) is 2. The van der Waals surface area contributed by atoms with E-state index in [9.17, 15) is 8.42 Å². The minimum Gasteiger partial charge on any atom is -0.285 e. The van der Waals surface area contributed by atoms with Crippen molar-refractivity contribution in [2.75, 3.05) is 0 Å². The summed E-state index contributed by atoms with van der Waals surface area (Å²) >= 11 is 1.98. The van der Waals surface area contributed by atoms with Gasteiger partial charge in [-0.05, 0) is 12.8 Å². The Labute approximate surface area is 79.8 Å². The van der Waals surface area contributed by atoms with Gasteiger partial charge in [-0.2, -0.15) is 8.42 Å². The van der Waals surface area contributed by atoms with Gasteiger partial charge in [0, 0.05) is 0 Å². The van der Waals surface area contributed by atoms with Gasteiger partial charge in [-0.15, -0.1) is 6.58 Å². The fourth-order valence-electron chi connectivity index (χ4n) is 1.01. The van der Waals surface area contributed by atoms with Gasteiger partial charge >= 0.3 is 0 Å². The first-order valence-corrected chi connectivity index (χ1v) is 5.86. The van der Waals surface area contributed by atoms with Crippen LogP contribution in [0.5, 0.6) is 0 Å². The smallest absolute Gasteiger partial charge is 0.272 e. The number of hydrogen-bond donors (Lipinski definition) is 1. The molecule has 1 aliphatic carbocycles. The Kier molecular flexibility index (Phi) is 2.33. The second-order valence-corrected chi connectivity index (χ2v) is 5.78. The highest BCUT2D eigenvalue weighted by Crippen LogP contribution is 2.49. The van der Waals surface area contributed by atoms with Gasteiger partial charge in [0.2, 0.25) is 0 Å². The lowest BCUT2D eigenvalue weighted by molar-refractivity contribution is 0.466. The van der Waals surface area contributed by atoms with Gasteiger partial charge in [0.05, 0.1) is 3.92 Å². The van der Waals surface area contributed by atoms with E-state index in [1.165, 1.54) is 0 Å². The SMILES string of the molecule is C=CC(I)C1(S(=O)(=O)O)CC1. The van der Waals surface area contributed by atoms with Gasteiger partial charge in [-0.3, -0.25) is 4.55 Å². The predicted molar refractivity (Wildman–Crippen MR) is 51.5 cm³/mol. The van der Waals surface area contributed by atoms with Crippen LogP contribution in [0.4, 0.5) is 0 Å². The summed E-state index contributed by atoms with van der Waals surface area (Å²) in [7, 11) is -3.88. The summed E-state index contributed by atoms with van der Waals surface area (Å²) in [5.41, 5.74) is 0. The molecule has 1 N–H and O–H groups in total. The largest absolute Gasteiger partial charge is 0.285 e. The Morgan fingerprint density at radius 1 is 1.64 bits per heavy atom. The highest BCUT2D eigenvalue weighted by atomic mass is 127. The first kappa shape index (κ1) is 9.47. The number of rotatable bonds is 3. The van der Waals surface area contributed by atoms with Gasteiger partial charge in [0.15, 0.2) is 0 Å². The van der Waals surface area contributed by atoms with Crippen LogP contribution in [-0.4, -0.2) is 21.6 Å². The van der Waals surface area contributed by atoms with E-state index in [0.717, 1.165) is 0 Å². The van der Waals surface area contributed by atoms with Gasteiger partial charge in [-0.1, -0.05) is 28.7 Å². The van der Waals surface area contributed by atoms with Crippen LogP contribution in [0.3, 0.4) is 0 Å². The molecule has 1 atom stereocenters. The maximum atomic E-state index is 10.8. The molecule has 1 aliphatic rings. The van der Waals surface area contributed by atoms with Gasteiger partial charge in [0.25, 0.3) is 10.1 Å². The second-order valence-electron chi connectivity index (χ2n) is 2.68. The van der Waals surface area contributed by atoms with E-state index in [4.69, 9.17) is 4.55 Å². The molecule has 1 rings (SSSR count). The molecule has 0 aromatic rings. The molecule has 1 fully saturated rings. The maximum Gasteiger partial charge on any atom is 0.272 e. The highest BCUT2D eigenvalue weighted by Gasteiger charge is 2.57. The molecule has 5 heteroatoms. The molecule has 0 saturated heterocycles. The lowest BCUT2D eigenvalue weighted by atomic mass is 10.3. The van der Waals surface area contributed by atoms with Crippen LogP contribution >= 0.6 is 22.6 Å². The molecule has 1 saturated carbocycles. The van der Waals surface area contributed by atoms with E-state index in [0.29, 0.717) is 12.8 Å². The third-order valence-corrected chi connectivity index (χ3v) is 5.78. The Morgan fingerprint density at radius 2 is 2.09 bits per heavy atom. The summed E-state index contributed by atoms with van der Waals surface area (Å²) in [5, 5.41) is 0. The third-order valence-electron chi connectivity index (χ3n) is 1.97. The zero-order valence-corrected chi connectivity index (χ0v) is 8.80. The van der Waals surface area contributed by atoms with Crippen LogP contribution in [0.2, 0.25) is 0 Å². The number of halogens is 1. The molecular formula is C6H9IO3S. The molecule has 1 unspecified atom stereocenters. The van der Waals surface area contributed by atoms with Gasteiger partial charge < -0.3 is 0 Å². The molecule has 11 heavy (non-hydrogen) atoms. The fraction of sp³-hybridized carbons (Fsp3) is 0.667. The van der Waals surface area contributed by atoms with Crippen LogP contribution in [0, 0.1) is 0 Å². The molecule has 0 radical (unpaired) electrons. The van der Waals surface area contributed by atoms with Crippen LogP contribution in [-0.2, 0) is 10.1 Å². The number of alkyl halides is 1. The van der Waals surface area contributed by atoms with Crippen LogP contribution < -0.4 is 0 Å². The van der Waals surface area contributed by atoms with E-state index >= 15 is 0 Å². The van der Waals surface area contributed by atoms with E-state index in [-0.39, 0.29) is 3.92 Å². The molecule has 64 valence electrons. The summed E-state index contributed by atoms with van der Waals surface area (Å²) in [6.45, 7) is 3.50. The molecule has 0 aromatic carbocycles. The Balaban J connectivity index is 2.93. The molecule has 0 heterocycles. The zero-order chi connectivity index (χ0) is 8.70. The molecule has 0 aromatic heterocycles. The maximum absolute atomic E-state index is 10.8. The van der Waals surface area contributed by atoms with Crippen molar-refractivity contribution >= 4 is 32.7 Å². The van der Waals surface area contributed by atoms with E-state index in [2.05, 4.69) is 6.58 Å². The molecule has 0 bridgehead atoms. The Bertz CT molecular complexity index is 266. The standard InChI is InChI=1S/C6H9IO3S/c1-2-5(7)6(3-4-6)11(8,9)10/h2,5H,1,3-4H2,(H,8,9,10). The van der Waals surface area contributed by atoms with Crippen molar-refractivity contribution < 1.29 is 13.0 Å². The third kappa shape index (κ3) is 1.46. The molecule has 3 nitrogen and oxygen atoms in total. The van der Waals surface area contributed by atoms with Crippen LogP contribution in [0.25, 0.3) is 0 Å². The molecular weight excluding hydrogens is 279 g/mol. The highest BCUT2D eigenvalue weighted by molar-refractivity contribution is 14.1.